The van der Waals surface area contributed by atoms with Crippen molar-refractivity contribution in [2.24, 2.45) is 0 Å². The maximum atomic E-state index is 3.52. The number of hydrogen-bond donors (Lipinski definition) is 1. The van der Waals surface area contributed by atoms with Gasteiger partial charge in [-0.3, -0.25) is 0 Å². The molecule has 0 aromatic heterocycles. The van der Waals surface area contributed by atoms with Crippen LogP contribution in [0.5, 0.6) is 0 Å². The van der Waals surface area contributed by atoms with Crippen molar-refractivity contribution in [3.05, 3.63) is 42.0 Å². The highest BCUT2D eigenvalue weighted by Crippen LogP contribution is 2.17. The fourth-order valence-corrected chi connectivity index (χ4v) is 1.73. The van der Waals surface area contributed by atoms with Crippen molar-refractivity contribution in [3.8, 4) is 0 Å². The highest BCUT2D eigenvalue weighted by Gasteiger charge is 2.04. The van der Waals surface area contributed by atoms with E-state index in [1.165, 1.54) is 11.3 Å². The van der Waals surface area contributed by atoms with Crippen molar-refractivity contribution in [3.63, 3.8) is 0 Å². The van der Waals surface area contributed by atoms with Crippen LogP contribution in [-0.4, -0.2) is 20.6 Å². The van der Waals surface area contributed by atoms with E-state index in [2.05, 4.69) is 74.6 Å². The SMILES string of the molecule is C/C=C/CCNC(C)c1ccc(N(C)C)cc1. The summed E-state index contributed by atoms with van der Waals surface area (Å²) in [7, 11) is 4.13. The monoisotopic (exact) mass is 232 g/mol. The molecule has 0 aliphatic carbocycles. The van der Waals surface area contributed by atoms with Crippen molar-refractivity contribution in [1.29, 1.82) is 0 Å². The van der Waals surface area contributed by atoms with Crippen molar-refractivity contribution in [1.82, 2.24) is 5.32 Å². The maximum Gasteiger partial charge on any atom is 0.0361 e. The predicted molar refractivity (Wildman–Crippen MR) is 76.6 cm³/mol. The molecule has 1 atom stereocenters. The highest BCUT2D eigenvalue weighted by molar-refractivity contribution is 5.46. The van der Waals surface area contributed by atoms with E-state index in [4.69, 9.17) is 0 Å². The number of nitrogens with zero attached hydrogens (tertiary/aromatic N) is 1. The second-order valence-corrected chi connectivity index (χ2v) is 4.52. The van der Waals surface area contributed by atoms with E-state index >= 15 is 0 Å². The quantitative estimate of drug-likeness (QED) is 0.597. The van der Waals surface area contributed by atoms with Crippen LogP contribution in [0, 0.1) is 0 Å². The van der Waals surface area contributed by atoms with E-state index < -0.39 is 0 Å². The Morgan fingerprint density at radius 3 is 2.41 bits per heavy atom. The first-order valence-corrected chi connectivity index (χ1v) is 6.27. The summed E-state index contributed by atoms with van der Waals surface area (Å²) >= 11 is 0. The van der Waals surface area contributed by atoms with Crippen molar-refractivity contribution in [2.75, 3.05) is 25.5 Å². The Kier molecular flexibility index (Phi) is 5.78. The number of hydrogen-bond acceptors (Lipinski definition) is 2. The smallest absolute Gasteiger partial charge is 0.0361 e. The average Bonchev–Trinajstić information content (AvgIpc) is 2.34. The van der Waals surface area contributed by atoms with Crippen molar-refractivity contribution < 1.29 is 0 Å². The van der Waals surface area contributed by atoms with Gasteiger partial charge in [-0.2, -0.15) is 0 Å². The molecule has 0 saturated carbocycles. The van der Waals surface area contributed by atoms with E-state index in [0.717, 1.165) is 13.0 Å². The molecule has 2 nitrogen and oxygen atoms in total. The van der Waals surface area contributed by atoms with Crippen molar-refractivity contribution in [2.45, 2.75) is 26.3 Å². The van der Waals surface area contributed by atoms with Crippen LogP contribution in [0.4, 0.5) is 5.69 Å². The minimum Gasteiger partial charge on any atom is -0.378 e. The van der Waals surface area contributed by atoms with Crippen LogP contribution >= 0.6 is 0 Å². The van der Waals surface area contributed by atoms with Gasteiger partial charge in [0.05, 0.1) is 0 Å². The van der Waals surface area contributed by atoms with E-state index in [0.29, 0.717) is 6.04 Å². The molecule has 0 aliphatic rings. The lowest BCUT2D eigenvalue weighted by atomic mass is 10.1. The molecule has 2 heteroatoms. The molecule has 0 saturated heterocycles. The Morgan fingerprint density at radius 1 is 1.24 bits per heavy atom. The second kappa shape index (κ2) is 7.13. The molecular weight excluding hydrogens is 208 g/mol. The van der Waals surface area contributed by atoms with Crippen LogP contribution in [0.2, 0.25) is 0 Å². The van der Waals surface area contributed by atoms with Gasteiger partial charge in [-0.1, -0.05) is 24.3 Å². The molecule has 0 heterocycles. The van der Waals surface area contributed by atoms with Crippen LogP contribution in [0.1, 0.15) is 31.9 Å². The van der Waals surface area contributed by atoms with Gasteiger partial charge in [0.25, 0.3) is 0 Å². The molecule has 1 aromatic carbocycles. The minimum absolute atomic E-state index is 0.413. The maximum absolute atomic E-state index is 3.52. The zero-order chi connectivity index (χ0) is 12.7. The lowest BCUT2D eigenvalue weighted by Crippen LogP contribution is -2.19. The van der Waals surface area contributed by atoms with E-state index in [-0.39, 0.29) is 0 Å². The molecule has 0 amide bonds. The molecule has 0 bridgehead atoms. The Bertz CT molecular complexity index is 338. The predicted octanol–water partition coefficient (Wildman–Crippen LogP) is 3.37. The highest BCUT2D eigenvalue weighted by atomic mass is 15.1. The summed E-state index contributed by atoms with van der Waals surface area (Å²) in [4.78, 5) is 2.12. The average molecular weight is 232 g/mol. The van der Waals surface area contributed by atoms with Gasteiger partial charge < -0.3 is 10.2 Å². The zero-order valence-corrected chi connectivity index (χ0v) is 11.4. The Labute approximate surface area is 105 Å². The number of nitrogens with one attached hydrogen (secondary N) is 1. The summed E-state index contributed by atoms with van der Waals surface area (Å²) in [6, 6.07) is 9.14. The first-order valence-electron chi connectivity index (χ1n) is 6.27. The summed E-state index contributed by atoms with van der Waals surface area (Å²) in [5.41, 5.74) is 2.59. The number of allylic oxidation sites excluding steroid dienone is 1. The largest absolute Gasteiger partial charge is 0.378 e. The lowest BCUT2D eigenvalue weighted by Gasteiger charge is -2.16. The van der Waals surface area contributed by atoms with Crippen LogP contribution in [-0.2, 0) is 0 Å². The van der Waals surface area contributed by atoms with Gasteiger partial charge >= 0.3 is 0 Å². The van der Waals surface area contributed by atoms with Crippen LogP contribution < -0.4 is 10.2 Å². The third kappa shape index (κ3) is 4.61. The number of rotatable bonds is 6. The third-order valence-corrected chi connectivity index (χ3v) is 2.91. The van der Waals surface area contributed by atoms with Crippen molar-refractivity contribution >= 4 is 5.69 Å². The van der Waals surface area contributed by atoms with Crippen LogP contribution in [0.3, 0.4) is 0 Å². The molecule has 0 radical (unpaired) electrons. The second-order valence-electron chi connectivity index (χ2n) is 4.52. The van der Waals surface area contributed by atoms with E-state index in [1.807, 2.05) is 0 Å². The number of benzene rings is 1. The lowest BCUT2D eigenvalue weighted by molar-refractivity contribution is 0.581. The number of anilines is 1. The van der Waals surface area contributed by atoms with Gasteiger partial charge in [0.15, 0.2) is 0 Å². The topological polar surface area (TPSA) is 15.3 Å². The molecule has 1 rings (SSSR count). The van der Waals surface area contributed by atoms with Gasteiger partial charge in [-0.25, -0.2) is 0 Å². The summed E-state index contributed by atoms with van der Waals surface area (Å²) < 4.78 is 0. The molecule has 0 aliphatic heterocycles. The molecule has 17 heavy (non-hydrogen) atoms. The van der Waals surface area contributed by atoms with Crippen LogP contribution in [0.15, 0.2) is 36.4 Å². The molecular formula is C15H24N2. The minimum atomic E-state index is 0.413. The summed E-state index contributed by atoms with van der Waals surface area (Å²) in [6.07, 6.45) is 5.38. The Hall–Kier alpha value is -1.28. The molecule has 0 fully saturated rings. The third-order valence-electron chi connectivity index (χ3n) is 2.91. The fraction of sp³-hybridized carbons (Fsp3) is 0.467. The Morgan fingerprint density at radius 2 is 1.88 bits per heavy atom. The van der Waals surface area contributed by atoms with Crippen LogP contribution in [0.25, 0.3) is 0 Å². The molecule has 1 aromatic rings. The summed E-state index contributed by atoms with van der Waals surface area (Å²) in [5.74, 6) is 0. The first kappa shape index (κ1) is 13.8. The fourth-order valence-electron chi connectivity index (χ4n) is 1.73. The molecule has 0 spiro atoms. The van der Waals surface area contributed by atoms with Gasteiger partial charge in [-0.05, 0) is 44.5 Å². The molecule has 94 valence electrons. The van der Waals surface area contributed by atoms with Gasteiger partial charge in [0, 0.05) is 25.8 Å². The van der Waals surface area contributed by atoms with Gasteiger partial charge in [-0.15, -0.1) is 0 Å². The van der Waals surface area contributed by atoms with Gasteiger partial charge in [0.1, 0.15) is 0 Å². The van der Waals surface area contributed by atoms with Gasteiger partial charge in [0.2, 0.25) is 0 Å². The molecule has 1 unspecified atom stereocenters. The standard InChI is InChI=1S/C15H24N2/c1-5-6-7-12-16-13(2)14-8-10-15(11-9-14)17(3)4/h5-6,8-11,13,16H,7,12H2,1-4H3/b6-5+. The van der Waals surface area contributed by atoms with E-state index in [9.17, 15) is 0 Å². The molecule has 1 N–H and O–H groups in total. The summed E-state index contributed by atoms with van der Waals surface area (Å²) in [6.45, 7) is 5.30. The Balaban J connectivity index is 2.48. The van der Waals surface area contributed by atoms with E-state index in [1.54, 1.807) is 0 Å². The zero-order valence-electron chi connectivity index (χ0n) is 11.4. The first-order chi connectivity index (χ1) is 8.15. The normalized spacial score (nSPS) is 12.9. The summed E-state index contributed by atoms with van der Waals surface area (Å²) in [5, 5.41) is 3.52.